The molecule has 0 radical (unpaired) electrons. The number of rotatable bonds is 1. The van der Waals surface area contributed by atoms with E-state index in [0.29, 0.717) is 0 Å². The molecule has 0 bridgehead atoms. The van der Waals surface area contributed by atoms with Crippen LogP contribution in [-0.2, 0) is 28.2 Å². The Balaban J connectivity index is 1.72. The number of hydrogen-bond donors (Lipinski definition) is 0. The Bertz CT molecular complexity index is 514. The average molecular weight is 272 g/mol. The third-order valence-corrected chi connectivity index (χ3v) is 3.72. The molecule has 0 spiro atoms. The molecule has 2 heterocycles. The summed E-state index contributed by atoms with van der Waals surface area (Å²) in [4.78, 5) is 0. The quantitative estimate of drug-likeness (QED) is 0.751. The van der Waals surface area contributed by atoms with Crippen LogP contribution in [0.25, 0.3) is 0 Å². The summed E-state index contributed by atoms with van der Waals surface area (Å²) in [5.74, 6) is 0. The second kappa shape index (κ2) is 4.60. The molecule has 6 nitrogen and oxygen atoms in total. The molecule has 1 aromatic carbocycles. The van der Waals surface area contributed by atoms with Gasteiger partial charge in [-0.1, -0.05) is 30.3 Å². The standard InChI is InChI=1S/C11H12O6S/c12-18(13)15-7-9-10(17-18)6-14-11(16-9)8-4-2-1-3-5-8/h1-5,9-11H,6-7H2/t9?,10-,11-/m0/s1. The van der Waals surface area contributed by atoms with Gasteiger partial charge >= 0.3 is 10.4 Å². The first-order valence-corrected chi connectivity index (χ1v) is 6.87. The molecule has 1 unspecified atom stereocenters. The zero-order valence-electron chi connectivity index (χ0n) is 9.39. The van der Waals surface area contributed by atoms with Crippen molar-refractivity contribution < 1.29 is 26.3 Å². The van der Waals surface area contributed by atoms with Crippen LogP contribution in [0.4, 0.5) is 0 Å². The maximum atomic E-state index is 11.1. The maximum Gasteiger partial charge on any atom is 0.400 e. The van der Waals surface area contributed by atoms with Crippen LogP contribution in [0.2, 0.25) is 0 Å². The van der Waals surface area contributed by atoms with Crippen molar-refractivity contribution >= 4 is 10.4 Å². The first kappa shape index (κ1) is 12.1. The van der Waals surface area contributed by atoms with Crippen molar-refractivity contribution in [3.05, 3.63) is 35.9 Å². The fourth-order valence-corrected chi connectivity index (χ4v) is 2.76. The van der Waals surface area contributed by atoms with E-state index in [1.54, 1.807) is 0 Å². The van der Waals surface area contributed by atoms with E-state index in [0.717, 1.165) is 5.56 Å². The van der Waals surface area contributed by atoms with Crippen LogP contribution in [0.15, 0.2) is 30.3 Å². The molecular weight excluding hydrogens is 260 g/mol. The molecule has 98 valence electrons. The summed E-state index contributed by atoms with van der Waals surface area (Å²) >= 11 is 0. The van der Waals surface area contributed by atoms with Crippen molar-refractivity contribution in [2.45, 2.75) is 18.5 Å². The van der Waals surface area contributed by atoms with Gasteiger partial charge in [0, 0.05) is 5.56 Å². The molecule has 3 atom stereocenters. The highest BCUT2D eigenvalue weighted by Gasteiger charge is 2.41. The van der Waals surface area contributed by atoms with Crippen LogP contribution < -0.4 is 0 Å². The Hall–Kier alpha value is -0.990. The first-order valence-electron chi connectivity index (χ1n) is 5.54. The molecular formula is C11H12O6S. The highest BCUT2D eigenvalue weighted by molar-refractivity contribution is 7.81. The fourth-order valence-electron chi connectivity index (χ4n) is 1.93. The third-order valence-electron chi connectivity index (χ3n) is 2.81. The Morgan fingerprint density at radius 2 is 1.83 bits per heavy atom. The summed E-state index contributed by atoms with van der Waals surface area (Å²) in [6.45, 7) is 0.118. The van der Waals surface area contributed by atoms with Crippen molar-refractivity contribution in [2.24, 2.45) is 0 Å². The average Bonchev–Trinajstić information content (AvgIpc) is 2.38. The van der Waals surface area contributed by atoms with E-state index in [4.69, 9.17) is 13.7 Å². The predicted molar refractivity (Wildman–Crippen MR) is 59.8 cm³/mol. The zero-order valence-corrected chi connectivity index (χ0v) is 10.2. The molecule has 0 amide bonds. The molecule has 1 aromatic rings. The summed E-state index contributed by atoms with van der Waals surface area (Å²) in [6.07, 6.45) is -1.59. The predicted octanol–water partition coefficient (Wildman–Crippen LogP) is 0.761. The number of fused-ring (bicyclic) bond motifs is 1. The molecule has 2 saturated heterocycles. The van der Waals surface area contributed by atoms with E-state index in [1.165, 1.54) is 0 Å². The number of hydrogen-bond acceptors (Lipinski definition) is 6. The van der Waals surface area contributed by atoms with Crippen molar-refractivity contribution in [1.29, 1.82) is 0 Å². The van der Waals surface area contributed by atoms with Gasteiger partial charge in [-0.25, -0.2) is 8.37 Å². The van der Waals surface area contributed by atoms with Gasteiger partial charge in [0.05, 0.1) is 13.2 Å². The van der Waals surface area contributed by atoms with Crippen molar-refractivity contribution in [3.63, 3.8) is 0 Å². The lowest BCUT2D eigenvalue weighted by atomic mass is 10.1. The first-order chi connectivity index (χ1) is 8.64. The Morgan fingerprint density at radius 3 is 2.61 bits per heavy atom. The smallest absolute Gasteiger partial charge is 0.346 e. The lowest BCUT2D eigenvalue weighted by Crippen LogP contribution is -2.49. The Morgan fingerprint density at radius 1 is 1.06 bits per heavy atom. The minimum Gasteiger partial charge on any atom is -0.346 e. The minimum atomic E-state index is -3.90. The zero-order chi connectivity index (χ0) is 12.6. The molecule has 0 saturated carbocycles. The summed E-state index contributed by atoms with van der Waals surface area (Å²) in [7, 11) is -3.90. The van der Waals surface area contributed by atoms with Crippen LogP contribution in [0.1, 0.15) is 11.9 Å². The van der Waals surface area contributed by atoms with Gasteiger partial charge in [0.2, 0.25) is 0 Å². The normalized spacial score (nSPS) is 34.8. The van der Waals surface area contributed by atoms with Crippen molar-refractivity contribution in [3.8, 4) is 0 Å². The number of benzene rings is 1. The van der Waals surface area contributed by atoms with Gasteiger partial charge in [-0.15, -0.1) is 0 Å². The van der Waals surface area contributed by atoms with E-state index < -0.39 is 28.9 Å². The van der Waals surface area contributed by atoms with Gasteiger partial charge in [-0.05, 0) is 0 Å². The topological polar surface area (TPSA) is 71.1 Å². The van der Waals surface area contributed by atoms with E-state index in [1.807, 2.05) is 30.3 Å². The molecule has 0 aromatic heterocycles. The van der Waals surface area contributed by atoms with Crippen LogP contribution in [0.5, 0.6) is 0 Å². The molecule has 3 rings (SSSR count). The lowest BCUT2D eigenvalue weighted by molar-refractivity contribution is -0.264. The molecule has 0 aliphatic carbocycles. The van der Waals surface area contributed by atoms with Gasteiger partial charge in [0.15, 0.2) is 6.29 Å². The summed E-state index contributed by atoms with van der Waals surface area (Å²) in [5.41, 5.74) is 0.879. The Kier molecular flexibility index (Phi) is 3.08. The third kappa shape index (κ3) is 2.40. The van der Waals surface area contributed by atoms with Crippen molar-refractivity contribution in [2.75, 3.05) is 13.2 Å². The van der Waals surface area contributed by atoms with Gasteiger partial charge in [0.1, 0.15) is 12.2 Å². The molecule has 2 aliphatic heterocycles. The molecule has 2 fully saturated rings. The van der Waals surface area contributed by atoms with E-state index in [-0.39, 0.29) is 13.2 Å². The van der Waals surface area contributed by atoms with Crippen molar-refractivity contribution in [1.82, 2.24) is 0 Å². The second-order valence-corrected chi connectivity index (χ2v) is 5.32. The second-order valence-electron chi connectivity index (χ2n) is 4.08. The van der Waals surface area contributed by atoms with E-state index in [9.17, 15) is 8.42 Å². The Labute approximate surface area is 105 Å². The fraction of sp³-hybridized carbons (Fsp3) is 0.455. The van der Waals surface area contributed by atoms with Gasteiger partial charge in [-0.3, -0.25) is 0 Å². The van der Waals surface area contributed by atoms with Crippen LogP contribution in [0, 0.1) is 0 Å². The van der Waals surface area contributed by atoms with Crippen LogP contribution in [-0.4, -0.2) is 33.8 Å². The highest BCUT2D eigenvalue weighted by atomic mass is 32.3. The molecule has 7 heteroatoms. The van der Waals surface area contributed by atoms with Gasteiger partial charge in [-0.2, -0.15) is 8.42 Å². The largest absolute Gasteiger partial charge is 0.400 e. The summed E-state index contributed by atoms with van der Waals surface area (Å²) < 4.78 is 42.6. The van der Waals surface area contributed by atoms with Gasteiger partial charge < -0.3 is 9.47 Å². The van der Waals surface area contributed by atoms with E-state index >= 15 is 0 Å². The number of ether oxygens (including phenoxy) is 2. The lowest BCUT2D eigenvalue weighted by Gasteiger charge is -2.37. The van der Waals surface area contributed by atoms with Gasteiger partial charge in [0.25, 0.3) is 0 Å². The van der Waals surface area contributed by atoms with Crippen LogP contribution in [0.3, 0.4) is 0 Å². The van der Waals surface area contributed by atoms with E-state index in [2.05, 4.69) is 4.18 Å². The molecule has 18 heavy (non-hydrogen) atoms. The monoisotopic (exact) mass is 272 g/mol. The summed E-state index contributed by atoms with van der Waals surface area (Å²) in [5, 5.41) is 0. The minimum absolute atomic E-state index is 0.0420. The highest BCUT2D eigenvalue weighted by Crippen LogP contribution is 2.30. The summed E-state index contributed by atoms with van der Waals surface area (Å²) in [6, 6.07) is 9.42. The SMILES string of the molecule is O=S1(=O)OCC2O[C@@H](c3ccccc3)OC[C@@H]2O1. The molecule has 2 aliphatic rings. The van der Waals surface area contributed by atoms with Crippen LogP contribution >= 0.6 is 0 Å². The molecule has 0 N–H and O–H groups in total. The maximum absolute atomic E-state index is 11.1.